The van der Waals surface area contributed by atoms with Gasteiger partial charge in [-0.1, -0.05) is 23.9 Å². The highest BCUT2D eigenvalue weighted by Gasteiger charge is 2.09. The van der Waals surface area contributed by atoms with Gasteiger partial charge in [0.05, 0.1) is 5.69 Å². The number of carbonyl (C=O) groups excluding carboxylic acids is 1. The molecular formula is C16H20N2OS. The monoisotopic (exact) mass is 288 g/mol. The topological polar surface area (TPSA) is 34.9 Å². The molecule has 0 saturated heterocycles. The van der Waals surface area contributed by atoms with Crippen LogP contribution in [0.1, 0.15) is 30.9 Å². The van der Waals surface area contributed by atoms with Crippen LogP contribution in [0.2, 0.25) is 0 Å². The summed E-state index contributed by atoms with van der Waals surface area (Å²) in [7, 11) is 0. The van der Waals surface area contributed by atoms with Gasteiger partial charge in [-0.15, -0.1) is 0 Å². The Bertz CT molecular complexity index is 604. The van der Waals surface area contributed by atoms with Crippen LogP contribution in [0.3, 0.4) is 0 Å². The van der Waals surface area contributed by atoms with E-state index in [-0.39, 0.29) is 5.78 Å². The molecule has 0 amide bonds. The molecule has 106 valence electrons. The van der Waals surface area contributed by atoms with Gasteiger partial charge < -0.3 is 4.79 Å². The van der Waals surface area contributed by atoms with E-state index in [0.29, 0.717) is 6.42 Å². The second kappa shape index (κ2) is 6.75. The van der Waals surface area contributed by atoms with Crippen molar-refractivity contribution in [3.8, 4) is 5.69 Å². The van der Waals surface area contributed by atoms with E-state index in [2.05, 4.69) is 41.6 Å². The molecule has 0 aliphatic heterocycles. The van der Waals surface area contributed by atoms with Gasteiger partial charge in [-0.05, 0) is 44.4 Å². The van der Waals surface area contributed by atoms with Crippen LogP contribution in [0.25, 0.3) is 5.69 Å². The molecule has 0 fully saturated rings. The molecule has 0 aliphatic carbocycles. The van der Waals surface area contributed by atoms with Crippen LogP contribution >= 0.6 is 11.8 Å². The summed E-state index contributed by atoms with van der Waals surface area (Å²) in [5, 5.41) is 0.988. The Morgan fingerprint density at radius 1 is 1.35 bits per heavy atom. The Hall–Kier alpha value is -1.55. The van der Waals surface area contributed by atoms with Crippen LogP contribution in [-0.4, -0.2) is 21.1 Å². The largest absolute Gasteiger partial charge is 0.300 e. The molecule has 0 bridgehead atoms. The maximum atomic E-state index is 10.9. The number of thioether (sulfide) groups is 1. The molecule has 4 heteroatoms. The molecule has 1 heterocycles. The summed E-state index contributed by atoms with van der Waals surface area (Å²) in [5.74, 6) is 1.17. The van der Waals surface area contributed by atoms with Gasteiger partial charge in [0.25, 0.3) is 0 Å². The summed E-state index contributed by atoms with van der Waals surface area (Å²) >= 11 is 1.70. The van der Waals surface area contributed by atoms with Crippen molar-refractivity contribution in [1.82, 2.24) is 9.55 Å². The number of aromatic nitrogens is 2. The van der Waals surface area contributed by atoms with Crippen molar-refractivity contribution >= 4 is 17.5 Å². The molecule has 0 aliphatic rings. The van der Waals surface area contributed by atoms with E-state index in [1.807, 2.05) is 12.4 Å². The van der Waals surface area contributed by atoms with E-state index in [0.717, 1.165) is 17.3 Å². The number of hydrogen-bond donors (Lipinski definition) is 0. The highest BCUT2D eigenvalue weighted by atomic mass is 32.2. The summed E-state index contributed by atoms with van der Waals surface area (Å²) in [6.45, 7) is 5.89. The lowest BCUT2D eigenvalue weighted by molar-refractivity contribution is -0.117. The predicted molar refractivity (Wildman–Crippen MR) is 83.7 cm³/mol. The zero-order chi connectivity index (χ0) is 14.5. The zero-order valence-corrected chi connectivity index (χ0v) is 13.0. The first-order chi connectivity index (χ1) is 9.59. The number of carbonyl (C=O) groups is 1. The van der Waals surface area contributed by atoms with E-state index in [9.17, 15) is 4.79 Å². The fourth-order valence-electron chi connectivity index (χ4n) is 2.06. The average molecular weight is 288 g/mol. The molecule has 0 unspecified atom stereocenters. The van der Waals surface area contributed by atoms with Crippen LogP contribution in [0.4, 0.5) is 0 Å². The molecular weight excluding hydrogens is 268 g/mol. The third-order valence-electron chi connectivity index (χ3n) is 3.35. The van der Waals surface area contributed by atoms with Crippen LogP contribution in [0.5, 0.6) is 0 Å². The number of rotatable bonds is 6. The van der Waals surface area contributed by atoms with Crippen LogP contribution in [-0.2, 0) is 4.79 Å². The van der Waals surface area contributed by atoms with Crippen molar-refractivity contribution in [1.29, 1.82) is 0 Å². The lowest BCUT2D eigenvalue weighted by Gasteiger charge is -2.12. The van der Waals surface area contributed by atoms with Crippen molar-refractivity contribution in [2.24, 2.45) is 0 Å². The molecule has 3 nitrogen and oxygen atoms in total. The third-order valence-corrected chi connectivity index (χ3v) is 4.40. The summed E-state index contributed by atoms with van der Waals surface area (Å²) < 4.78 is 2.13. The van der Waals surface area contributed by atoms with E-state index in [4.69, 9.17) is 0 Å². The van der Waals surface area contributed by atoms with Gasteiger partial charge in [0.2, 0.25) is 0 Å². The van der Waals surface area contributed by atoms with Crippen molar-refractivity contribution in [2.45, 2.75) is 38.8 Å². The molecule has 1 aromatic heterocycles. The molecule has 0 spiro atoms. The Kier molecular flexibility index (Phi) is 5.01. The van der Waals surface area contributed by atoms with E-state index in [1.54, 1.807) is 18.7 Å². The number of nitrogens with zero attached hydrogens (tertiary/aromatic N) is 2. The molecule has 0 saturated carbocycles. The fourth-order valence-corrected chi connectivity index (χ4v) is 2.97. The van der Waals surface area contributed by atoms with Crippen molar-refractivity contribution in [3.05, 3.63) is 41.7 Å². The quantitative estimate of drug-likeness (QED) is 0.596. The second-order valence-corrected chi connectivity index (χ2v) is 6.01. The first-order valence-corrected chi connectivity index (χ1v) is 7.80. The maximum Gasteiger partial charge on any atom is 0.172 e. The summed E-state index contributed by atoms with van der Waals surface area (Å²) in [4.78, 5) is 15.4. The van der Waals surface area contributed by atoms with Gasteiger partial charge in [-0.3, -0.25) is 4.57 Å². The normalized spacial score (nSPS) is 10.8. The van der Waals surface area contributed by atoms with Crippen LogP contribution in [0, 0.1) is 13.8 Å². The maximum absolute atomic E-state index is 10.9. The fraction of sp³-hybridized carbons (Fsp3) is 0.375. The number of benzene rings is 1. The minimum atomic E-state index is 0.253. The Morgan fingerprint density at radius 2 is 2.15 bits per heavy atom. The molecule has 20 heavy (non-hydrogen) atoms. The molecule has 0 radical (unpaired) electrons. The van der Waals surface area contributed by atoms with E-state index in [1.165, 1.54) is 16.8 Å². The number of aryl methyl sites for hydroxylation is 1. The smallest absolute Gasteiger partial charge is 0.172 e. The predicted octanol–water partition coefficient (Wildman–Crippen LogP) is 3.95. The Morgan fingerprint density at radius 3 is 2.90 bits per heavy atom. The summed E-state index contributed by atoms with van der Waals surface area (Å²) in [6, 6.07) is 6.31. The lowest BCUT2D eigenvalue weighted by atomic mass is 10.1. The van der Waals surface area contributed by atoms with Crippen molar-refractivity contribution in [2.75, 3.05) is 5.75 Å². The van der Waals surface area contributed by atoms with Gasteiger partial charge in [0.15, 0.2) is 5.16 Å². The van der Waals surface area contributed by atoms with Crippen LogP contribution in [0.15, 0.2) is 35.7 Å². The van der Waals surface area contributed by atoms with Crippen LogP contribution < -0.4 is 0 Å². The molecule has 2 aromatic rings. The van der Waals surface area contributed by atoms with E-state index < -0.39 is 0 Å². The molecule has 0 N–H and O–H groups in total. The Labute approximate surface area is 124 Å². The highest BCUT2D eigenvalue weighted by molar-refractivity contribution is 7.99. The highest BCUT2D eigenvalue weighted by Crippen LogP contribution is 2.24. The van der Waals surface area contributed by atoms with Gasteiger partial charge in [-0.2, -0.15) is 0 Å². The molecule has 0 atom stereocenters. The minimum absolute atomic E-state index is 0.253. The SMILES string of the molecule is CC(=O)CCCSc1nccn1-c1cccc(C)c1C. The number of Topliss-reactive ketones (excluding diaryl/α,β-unsaturated/α-hetero) is 1. The lowest BCUT2D eigenvalue weighted by Crippen LogP contribution is -2.00. The zero-order valence-electron chi connectivity index (χ0n) is 12.2. The van der Waals surface area contributed by atoms with Gasteiger partial charge >= 0.3 is 0 Å². The third kappa shape index (κ3) is 3.51. The number of hydrogen-bond acceptors (Lipinski definition) is 3. The molecule has 1 aromatic carbocycles. The van der Waals surface area contributed by atoms with Crippen molar-refractivity contribution in [3.63, 3.8) is 0 Å². The number of ketones is 1. The number of imidazole rings is 1. The summed E-state index contributed by atoms with van der Waals surface area (Å²) in [5.41, 5.74) is 3.73. The average Bonchev–Trinajstić information content (AvgIpc) is 2.86. The first-order valence-electron chi connectivity index (χ1n) is 6.82. The van der Waals surface area contributed by atoms with Crippen molar-refractivity contribution < 1.29 is 4.79 Å². The van der Waals surface area contributed by atoms with Gasteiger partial charge in [0, 0.05) is 24.6 Å². The first kappa shape index (κ1) is 14.9. The van der Waals surface area contributed by atoms with Gasteiger partial charge in [-0.25, -0.2) is 4.98 Å². The standard InChI is InChI=1S/C16H20N2OS/c1-12-6-4-8-15(14(12)3)18-10-9-17-16(18)20-11-5-7-13(2)19/h4,6,8-10H,5,7,11H2,1-3H3. The second-order valence-electron chi connectivity index (χ2n) is 4.95. The summed E-state index contributed by atoms with van der Waals surface area (Å²) in [6.07, 6.45) is 5.38. The minimum Gasteiger partial charge on any atom is -0.300 e. The Balaban J connectivity index is 2.12. The van der Waals surface area contributed by atoms with Gasteiger partial charge in [0.1, 0.15) is 5.78 Å². The molecule has 2 rings (SSSR count). The van der Waals surface area contributed by atoms with E-state index >= 15 is 0 Å².